The van der Waals surface area contributed by atoms with Gasteiger partial charge in [0.1, 0.15) is 5.75 Å². The first-order valence-electron chi connectivity index (χ1n) is 10.8. The third-order valence-electron chi connectivity index (χ3n) is 4.83. The highest BCUT2D eigenvalue weighted by molar-refractivity contribution is 5.44. The summed E-state index contributed by atoms with van der Waals surface area (Å²) in [6.07, 6.45) is 5.52. The molecule has 0 heterocycles. The lowest BCUT2D eigenvalue weighted by molar-refractivity contribution is 0.159. The van der Waals surface area contributed by atoms with Gasteiger partial charge < -0.3 is 14.9 Å². The molecule has 0 aliphatic heterocycles. The van der Waals surface area contributed by atoms with Crippen molar-refractivity contribution in [2.45, 2.75) is 32.1 Å². The number of rotatable bonds is 15. The predicted molar refractivity (Wildman–Crippen MR) is 121 cm³/mol. The van der Waals surface area contributed by atoms with Gasteiger partial charge in [0, 0.05) is 13.1 Å². The molecule has 0 atom stereocenters. The number of ether oxygens (including phenoxy) is 1. The fourth-order valence-electron chi connectivity index (χ4n) is 3.10. The number of aliphatic hydroxyl groups is 2. The van der Waals surface area contributed by atoms with Crippen LogP contribution in [0.4, 0.5) is 11.4 Å². The zero-order chi connectivity index (χ0) is 22.2. The lowest BCUT2D eigenvalue weighted by Crippen LogP contribution is -2.30. The number of benzene rings is 2. The van der Waals surface area contributed by atoms with E-state index in [4.69, 9.17) is 20.2 Å². The van der Waals surface area contributed by atoms with Crippen molar-refractivity contribution in [2.75, 3.05) is 39.5 Å². The standard InChI is InChI=1S/C24H32N4O3/c25-20-21-6-8-22(9-7-21)26-27-23-10-12-24(13-11-23)31-19-5-3-1-2-4-14-28(15-17-29)16-18-30/h6-13,29-30H,1-5,14-19H2. The van der Waals surface area contributed by atoms with Gasteiger partial charge in [0.2, 0.25) is 0 Å². The third kappa shape index (κ3) is 10.2. The van der Waals surface area contributed by atoms with Gasteiger partial charge in [-0.2, -0.15) is 15.5 Å². The molecule has 2 aromatic carbocycles. The fraction of sp³-hybridized carbons (Fsp3) is 0.458. The molecule has 0 aliphatic carbocycles. The molecule has 2 aromatic rings. The van der Waals surface area contributed by atoms with Crippen molar-refractivity contribution < 1.29 is 14.9 Å². The number of hydrogen-bond donors (Lipinski definition) is 2. The SMILES string of the molecule is N#Cc1ccc(N=Nc2ccc(OCCCCCCCN(CCO)CCO)cc2)cc1. The maximum atomic E-state index is 9.01. The number of azo groups is 1. The van der Waals surface area contributed by atoms with E-state index in [9.17, 15) is 0 Å². The minimum absolute atomic E-state index is 0.137. The van der Waals surface area contributed by atoms with Crippen LogP contribution in [0.5, 0.6) is 5.75 Å². The Kier molecular flexibility index (Phi) is 11.9. The first-order chi connectivity index (χ1) is 15.2. The zero-order valence-corrected chi connectivity index (χ0v) is 18.0. The monoisotopic (exact) mass is 424 g/mol. The Morgan fingerprint density at radius 1 is 0.742 bits per heavy atom. The molecule has 0 aliphatic rings. The molecule has 31 heavy (non-hydrogen) atoms. The lowest BCUT2D eigenvalue weighted by Gasteiger charge is -2.19. The molecule has 7 nitrogen and oxygen atoms in total. The van der Waals surface area contributed by atoms with E-state index in [-0.39, 0.29) is 13.2 Å². The number of unbranched alkanes of at least 4 members (excludes halogenated alkanes) is 4. The van der Waals surface area contributed by atoms with Gasteiger partial charge in [0.15, 0.2) is 0 Å². The molecule has 7 heteroatoms. The average molecular weight is 425 g/mol. The molecule has 2 rings (SSSR count). The summed E-state index contributed by atoms with van der Waals surface area (Å²) in [6, 6.07) is 16.6. The Balaban J connectivity index is 1.58. The van der Waals surface area contributed by atoms with E-state index in [1.807, 2.05) is 24.3 Å². The van der Waals surface area contributed by atoms with E-state index in [2.05, 4.69) is 21.2 Å². The van der Waals surface area contributed by atoms with E-state index < -0.39 is 0 Å². The molecule has 0 saturated heterocycles. The molecule has 0 fully saturated rings. The molecular weight excluding hydrogens is 392 g/mol. The van der Waals surface area contributed by atoms with Crippen LogP contribution in [-0.4, -0.2) is 54.6 Å². The number of nitriles is 1. The summed E-state index contributed by atoms with van der Waals surface area (Å²) in [5.41, 5.74) is 2.05. The lowest BCUT2D eigenvalue weighted by atomic mass is 10.1. The maximum Gasteiger partial charge on any atom is 0.119 e. The predicted octanol–water partition coefficient (Wildman–Crippen LogP) is 4.59. The molecule has 0 amide bonds. The quantitative estimate of drug-likeness (QED) is 0.322. The molecule has 0 spiro atoms. The Morgan fingerprint density at radius 2 is 1.29 bits per heavy atom. The number of nitrogens with zero attached hydrogens (tertiary/aromatic N) is 4. The van der Waals surface area contributed by atoms with Crippen molar-refractivity contribution in [1.82, 2.24) is 4.90 Å². The summed E-state index contributed by atoms with van der Waals surface area (Å²) in [6.45, 7) is 3.14. The molecule has 0 unspecified atom stereocenters. The highest BCUT2D eigenvalue weighted by atomic mass is 16.5. The smallest absolute Gasteiger partial charge is 0.119 e. The first kappa shape index (κ1) is 24.5. The molecule has 0 aromatic heterocycles. The second kappa shape index (κ2) is 15.1. The van der Waals surface area contributed by atoms with Crippen LogP contribution in [0.2, 0.25) is 0 Å². The normalized spacial score (nSPS) is 11.2. The molecule has 0 saturated carbocycles. The van der Waals surface area contributed by atoms with Gasteiger partial charge in [-0.1, -0.05) is 19.3 Å². The first-order valence-corrected chi connectivity index (χ1v) is 10.8. The Hall–Kier alpha value is -2.79. The van der Waals surface area contributed by atoms with Crippen LogP contribution in [0.15, 0.2) is 58.8 Å². The van der Waals surface area contributed by atoms with Crippen LogP contribution in [0, 0.1) is 11.3 Å². The van der Waals surface area contributed by atoms with E-state index in [0.29, 0.717) is 30.9 Å². The summed E-state index contributed by atoms with van der Waals surface area (Å²) in [7, 11) is 0. The van der Waals surface area contributed by atoms with Crippen LogP contribution in [0.1, 0.15) is 37.7 Å². The van der Waals surface area contributed by atoms with E-state index in [1.165, 1.54) is 0 Å². The van der Waals surface area contributed by atoms with Gasteiger partial charge in [0.25, 0.3) is 0 Å². The van der Waals surface area contributed by atoms with Gasteiger partial charge in [-0.25, -0.2) is 0 Å². The highest BCUT2D eigenvalue weighted by Crippen LogP contribution is 2.21. The van der Waals surface area contributed by atoms with Crippen molar-refractivity contribution in [2.24, 2.45) is 10.2 Å². The highest BCUT2D eigenvalue weighted by Gasteiger charge is 2.03. The van der Waals surface area contributed by atoms with E-state index in [1.54, 1.807) is 24.3 Å². The van der Waals surface area contributed by atoms with E-state index in [0.717, 1.165) is 50.1 Å². The summed E-state index contributed by atoms with van der Waals surface area (Å²) in [5, 5.41) is 35.2. The summed E-state index contributed by atoms with van der Waals surface area (Å²) < 4.78 is 5.79. The molecule has 0 radical (unpaired) electrons. The summed E-state index contributed by atoms with van der Waals surface area (Å²) >= 11 is 0. The van der Waals surface area contributed by atoms with E-state index >= 15 is 0 Å². The second-order valence-electron chi connectivity index (χ2n) is 7.26. The minimum atomic E-state index is 0.137. The van der Waals surface area contributed by atoms with Crippen LogP contribution in [0.25, 0.3) is 0 Å². The Morgan fingerprint density at radius 3 is 1.87 bits per heavy atom. The minimum Gasteiger partial charge on any atom is -0.494 e. The van der Waals surface area contributed by atoms with Gasteiger partial charge in [-0.15, -0.1) is 0 Å². The molecular formula is C24H32N4O3. The van der Waals surface area contributed by atoms with Gasteiger partial charge in [-0.3, -0.25) is 4.90 Å². The fourth-order valence-corrected chi connectivity index (χ4v) is 3.10. The van der Waals surface area contributed by atoms with Crippen LogP contribution >= 0.6 is 0 Å². The third-order valence-corrected chi connectivity index (χ3v) is 4.83. The molecule has 0 bridgehead atoms. The number of aliphatic hydroxyl groups excluding tert-OH is 2. The van der Waals surface area contributed by atoms with Crippen molar-refractivity contribution in [3.05, 3.63) is 54.1 Å². The average Bonchev–Trinajstić information content (AvgIpc) is 2.80. The zero-order valence-electron chi connectivity index (χ0n) is 18.0. The van der Waals surface area contributed by atoms with Gasteiger partial charge in [-0.05, 0) is 67.9 Å². The Labute approximate surface area is 184 Å². The van der Waals surface area contributed by atoms with Gasteiger partial charge >= 0.3 is 0 Å². The topological polar surface area (TPSA) is 101 Å². The van der Waals surface area contributed by atoms with Crippen molar-refractivity contribution in [3.63, 3.8) is 0 Å². The van der Waals surface area contributed by atoms with Crippen molar-refractivity contribution in [3.8, 4) is 11.8 Å². The molecule has 2 N–H and O–H groups in total. The van der Waals surface area contributed by atoms with Crippen LogP contribution in [0.3, 0.4) is 0 Å². The van der Waals surface area contributed by atoms with Crippen molar-refractivity contribution in [1.29, 1.82) is 5.26 Å². The number of hydrogen-bond acceptors (Lipinski definition) is 7. The Bertz CT molecular complexity index is 795. The van der Waals surface area contributed by atoms with Crippen LogP contribution in [-0.2, 0) is 0 Å². The van der Waals surface area contributed by atoms with Crippen LogP contribution < -0.4 is 4.74 Å². The van der Waals surface area contributed by atoms with Crippen molar-refractivity contribution >= 4 is 11.4 Å². The second-order valence-corrected chi connectivity index (χ2v) is 7.26. The summed E-state index contributed by atoms with van der Waals surface area (Å²) in [5.74, 6) is 0.820. The maximum absolute atomic E-state index is 9.01. The van der Waals surface area contributed by atoms with Gasteiger partial charge in [0.05, 0.1) is 42.8 Å². The molecule has 166 valence electrons. The summed E-state index contributed by atoms with van der Waals surface area (Å²) in [4.78, 5) is 2.09. The largest absolute Gasteiger partial charge is 0.494 e.